The SMILES string of the molecule is Nc1cccc(Br)c1N1CCN(Cc2ccccc2)CC1CC(=O)O. The number of carboxylic acids is 1. The predicted octanol–water partition coefficient (Wildman–Crippen LogP) is 3.20. The van der Waals surface area contributed by atoms with Gasteiger partial charge >= 0.3 is 5.97 Å². The van der Waals surface area contributed by atoms with Crippen LogP contribution in [0.3, 0.4) is 0 Å². The first-order valence-electron chi connectivity index (χ1n) is 8.33. The fourth-order valence-electron chi connectivity index (χ4n) is 3.41. The highest BCUT2D eigenvalue weighted by Crippen LogP contribution is 2.35. The Labute approximate surface area is 156 Å². The van der Waals surface area contributed by atoms with Gasteiger partial charge in [0.1, 0.15) is 0 Å². The van der Waals surface area contributed by atoms with Crippen molar-refractivity contribution in [1.29, 1.82) is 0 Å². The molecule has 6 heteroatoms. The Balaban J connectivity index is 1.80. The highest BCUT2D eigenvalue weighted by molar-refractivity contribution is 9.10. The first-order chi connectivity index (χ1) is 12.0. The molecule has 1 atom stereocenters. The number of hydrogen-bond acceptors (Lipinski definition) is 4. The average Bonchev–Trinajstić information content (AvgIpc) is 2.57. The molecule has 1 aliphatic heterocycles. The van der Waals surface area contributed by atoms with E-state index in [1.165, 1.54) is 5.56 Å². The number of anilines is 2. The van der Waals surface area contributed by atoms with Gasteiger partial charge in [0.2, 0.25) is 0 Å². The molecule has 3 rings (SSSR count). The molecule has 1 unspecified atom stereocenters. The van der Waals surface area contributed by atoms with Crippen molar-refractivity contribution in [3.05, 3.63) is 58.6 Å². The maximum absolute atomic E-state index is 11.4. The van der Waals surface area contributed by atoms with E-state index in [4.69, 9.17) is 5.73 Å². The topological polar surface area (TPSA) is 69.8 Å². The van der Waals surface area contributed by atoms with E-state index in [1.807, 2.05) is 36.4 Å². The zero-order valence-corrected chi connectivity index (χ0v) is 15.5. The molecular formula is C19H22BrN3O2. The smallest absolute Gasteiger partial charge is 0.305 e. The van der Waals surface area contributed by atoms with Gasteiger partial charge in [-0.1, -0.05) is 36.4 Å². The molecule has 5 nitrogen and oxygen atoms in total. The van der Waals surface area contributed by atoms with E-state index in [9.17, 15) is 9.90 Å². The summed E-state index contributed by atoms with van der Waals surface area (Å²) < 4.78 is 0.902. The lowest BCUT2D eigenvalue weighted by atomic mass is 10.1. The number of carboxylic acid groups (broad SMARTS) is 1. The van der Waals surface area contributed by atoms with E-state index in [2.05, 4.69) is 37.9 Å². The molecule has 132 valence electrons. The summed E-state index contributed by atoms with van der Waals surface area (Å²) in [7, 11) is 0. The third-order valence-electron chi connectivity index (χ3n) is 4.53. The lowest BCUT2D eigenvalue weighted by Gasteiger charge is -2.43. The lowest BCUT2D eigenvalue weighted by Crippen LogP contribution is -2.54. The van der Waals surface area contributed by atoms with Gasteiger partial charge in [-0.05, 0) is 33.6 Å². The van der Waals surface area contributed by atoms with Crippen molar-refractivity contribution in [3.63, 3.8) is 0 Å². The summed E-state index contributed by atoms with van der Waals surface area (Å²) in [5.41, 5.74) is 8.98. The molecule has 0 amide bonds. The van der Waals surface area contributed by atoms with Crippen molar-refractivity contribution < 1.29 is 9.90 Å². The van der Waals surface area contributed by atoms with Crippen LogP contribution in [-0.2, 0) is 11.3 Å². The summed E-state index contributed by atoms with van der Waals surface area (Å²) in [6.07, 6.45) is 0.0893. The Morgan fingerprint density at radius 2 is 1.92 bits per heavy atom. The zero-order chi connectivity index (χ0) is 17.8. The highest BCUT2D eigenvalue weighted by Gasteiger charge is 2.30. The third-order valence-corrected chi connectivity index (χ3v) is 5.17. The highest BCUT2D eigenvalue weighted by atomic mass is 79.9. The van der Waals surface area contributed by atoms with Crippen molar-refractivity contribution in [1.82, 2.24) is 4.90 Å². The van der Waals surface area contributed by atoms with Crippen LogP contribution in [-0.4, -0.2) is 41.7 Å². The summed E-state index contributed by atoms with van der Waals surface area (Å²) in [4.78, 5) is 15.8. The number of piperazine rings is 1. The van der Waals surface area contributed by atoms with E-state index in [1.54, 1.807) is 0 Å². The van der Waals surface area contributed by atoms with Crippen molar-refractivity contribution in [2.45, 2.75) is 19.0 Å². The summed E-state index contributed by atoms with van der Waals surface area (Å²) in [5, 5.41) is 9.36. The quantitative estimate of drug-likeness (QED) is 0.750. The van der Waals surface area contributed by atoms with Crippen LogP contribution >= 0.6 is 15.9 Å². The van der Waals surface area contributed by atoms with Gasteiger partial charge in [-0.2, -0.15) is 0 Å². The average molecular weight is 404 g/mol. The van der Waals surface area contributed by atoms with Gasteiger partial charge in [-0.15, -0.1) is 0 Å². The minimum atomic E-state index is -0.790. The first-order valence-corrected chi connectivity index (χ1v) is 9.12. The van der Waals surface area contributed by atoms with Crippen LogP contribution < -0.4 is 10.6 Å². The van der Waals surface area contributed by atoms with Gasteiger partial charge in [-0.3, -0.25) is 9.69 Å². The third kappa shape index (κ3) is 4.32. The molecule has 1 saturated heterocycles. The van der Waals surface area contributed by atoms with Crippen molar-refractivity contribution >= 4 is 33.3 Å². The van der Waals surface area contributed by atoms with Gasteiger partial charge in [0.05, 0.1) is 23.8 Å². The minimum absolute atomic E-state index is 0.0893. The van der Waals surface area contributed by atoms with E-state index in [0.29, 0.717) is 12.2 Å². The van der Waals surface area contributed by atoms with Crippen LogP contribution in [0.1, 0.15) is 12.0 Å². The van der Waals surface area contributed by atoms with Gasteiger partial charge in [0.15, 0.2) is 0 Å². The molecular weight excluding hydrogens is 382 g/mol. The number of benzene rings is 2. The molecule has 0 aromatic heterocycles. The molecule has 0 saturated carbocycles. The van der Waals surface area contributed by atoms with Crippen LogP contribution in [0.15, 0.2) is 53.0 Å². The maximum atomic E-state index is 11.4. The van der Waals surface area contributed by atoms with Crippen molar-refractivity contribution in [2.24, 2.45) is 0 Å². The zero-order valence-electron chi connectivity index (χ0n) is 13.9. The maximum Gasteiger partial charge on any atom is 0.305 e. The van der Waals surface area contributed by atoms with Crippen LogP contribution in [0.25, 0.3) is 0 Å². The monoisotopic (exact) mass is 403 g/mol. The summed E-state index contributed by atoms with van der Waals surface area (Å²) in [6, 6.07) is 15.8. The molecule has 0 bridgehead atoms. The molecule has 1 heterocycles. The van der Waals surface area contributed by atoms with Gasteiger partial charge in [0.25, 0.3) is 0 Å². The summed E-state index contributed by atoms with van der Waals surface area (Å²) in [5.74, 6) is -0.790. The molecule has 0 radical (unpaired) electrons. The Bertz CT molecular complexity index is 718. The van der Waals surface area contributed by atoms with Crippen LogP contribution in [0, 0.1) is 0 Å². The minimum Gasteiger partial charge on any atom is -0.481 e. The molecule has 25 heavy (non-hydrogen) atoms. The molecule has 0 aliphatic carbocycles. The standard InChI is InChI=1S/C19H22BrN3O2/c20-16-7-4-8-17(21)19(16)23-10-9-22(13-15(23)11-18(24)25)12-14-5-2-1-3-6-14/h1-8,15H,9-13,21H2,(H,24,25). The molecule has 2 aromatic rings. The van der Waals surface area contributed by atoms with E-state index < -0.39 is 5.97 Å². The number of nitrogens with two attached hydrogens (primary N) is 1. The van der Waals surface area contributed by atoms with E-state index >= 15 is 0 Å². The number of para-hydroxylation sites is 1. The molecule has 2 aromatic carbocycles. The first kappa shape index (κ1) is 17.8. The van der Waals surface area contributed by atoms with Crippen LogP contribution in [0.5, 0.6) is 0 Å². The normalized spacial score (nSPS) is 18.3. The Morgan fingerprint density at radius 3 is 2.60 bits per heavy atom. The second-order valence-electron chi connectivity index (χ2n) is 6.34. The molecule has 0 spiro atoms. The predicted molar refractivity (Wildman–Crippen MR) is 104 cm³/mol. The Morgan fingerprint density at radius 1 is 1.16 bits per heavy atom. The Kier molecular flexibility index (Phi) is 5.60. The fraction of sp³-hybridized carbons (Fsp3) is 0.316. The molecule has 3 N–H and O–H groups in total. The number of halogens is 1. The van der Waals surface area contributed by atoms with E-state index in [-0.39, 0.29) is 12.5 Å². The molecule has 1 fully saturated rings. The Hall–Kier alpha value is -2.05. The van der Waals surface area contributed by atoms with Gasteiger partial charge in [-0.25, -0.2) is 0 Å². The lowest BCUT2D eigenvalue weighted by molar-refractivity contribution is -0.137. The molecule has 1 aliphatic rings. The number of nitrogens with zero attached hydrogens (tertiary/aromatic N) is 2. The summed E-state index contributed by atoms with van der Waals surface area (Å²) >= 11 is 3.56. The second-order valence-corrected chi connectivity index (χ2v) is 7.20. The fourth-order valence-corrected chi connectivity index (χ4v) is 4.02. The van der Waals surface area contributed by atoms with E-state index in [0.717, 1.165) is 29.8 Å². The van der Waals surface area contributed by atoms with Crippen molar-refractivity contribution in [2.75, 3.05) is 30.3 Å². The van der Waals surface area contributed by atoms with Crippen LogP contribution in [0.4, 0.5) is 11.4 Å². The van der Waals surface area contributed by atoms with Crippen LogP contribution in [0.2, 0.25) is 0 Å². The number of aliphatic carboxylic acids is 1. The second kappa shape index (κ2) is 7.89. The van der Waals surface area contributed by atoms with Crippen molar-refractivity contribution in [3.8, 4) is 0 Å². The number of nitrogen functional groups attached to an aromatic ring is 1. The number of rotatable bonds is 5. The number of carbonyl (C=O) groups is 1. The summed E-state index contributed by atoms with van der Waals surface area (Å²) in [6.45, 7) is 3.14. The number of hydrogen-bond donors (Lipinski definition) is 2. The largest absolute Gasteiger partial charge is 0.481 e. The van der Waals surface area contributed by atoms with Gasteiger partial charge < -0.3 is 15.7 Å². The van der Waals surface area contributed by atoms with Gasteiger partial charge in [0, 0.05) is 30.7 Å².